The molecule has 1 heterocycles. The molecule has 0 radical (unpaired) electrons. The number of fused-ring (bicyclic) bond motifs is 1. The molecule has 0 aliphatic carbocycles. The molecule has 1 aromatic carbocycles. The van der Waals surface area contributed by atoms with Gasteiger partial charge in [-0.1, -0.05) is 13.0 Å². The normalized spacial score (nSPS) is 12.0. The molecule has 1 atom stereocenters. The van der Waals surface area contributed by atoms with Gasteiger partial charge in [0.1, 0.15) is 5.75 Å². The number of H-pyrrole nitrogens is 1. The summed E-state index contributed by atoms with van der Waals surface area (Å²) in [6.07, 6.45) is 0. The zero-order chi connectivity index (χ0) is 19.3. The summed E-state index contributed by atoms with van der Waals surface area (Å²) < 4.78 is 15.4. The van der Waals surface area contributed by atoms with Crippen molar-refractivity contribution < 1.29 is 23.8 Å². The summed E-state index contributed by atoms with van der Waals surface area (Å²) in [5, 5.41) is 0.690. The first kappa shape index (κ1) is 19.5. The third-order valence-electron chi connectivity index (χ3n) is 4.18. The number of aromatic amines is 1. The first-order valence-corrected chi connectivity index (χ1v) is 8.47. The quantitative estimate of drug-likeness (QED) is 0.601. The largest absolute Gasteiger partial charge is 0.495 e. The summed E-state index contributed by atoms with van der Waals surface area (Å²) in [6.45, 7) is 5.44. The minimum absolute atomic E-state index is 0.165. The van der Waals surface area contributed by atoms with Gasteiger partial charge in [-0.15, -0.1) is 0 Å². The van der Waals surface area contributed by atoms with Crippen LogP contribution < -0.4 is 10.3 Å². The number of hydrogen-bond acceptors (Lipinski definition) is 6. The monoisotopic (exact) mass is 361 g/mol. The Morgan fingerprint density at radius 3 is 2.19 bits per heavy atom. The molecule has 26 heavy (non-hydrogen) atoms. The summed E-state index contributed by atoms with van der Waals surface area (Å²) in [4.78, 5) is 39.2. The Labute approximate surface area is 151 Å². The molecule has 1 unspecified atom stereocenters. The second-order valence-electron chi connectivity index (χ2n) is 5.74. The van der Waals surface area contributed by atoms with Gasteiger partial charge in [0, 0.05) is 17.4 Å². The molecule has 1 aromatic heterocycles. The predicted octanol–water partition coefficient (Wildman–Crippen LogP) is 2.38. The Morgan fingerprint density at radius 2 is 1.65 bits per heavy atom. The Hall–Kier alpha value is -2.83. The highest BCUT2D eigenvalue weighted by Crippen LogP contribution is 2.34. The van der Waals surface area contributed by atoms with Gasteiger partial charge in [-0.2, -0.15) is 0 Å². The number of carbonyl (C=O) groups is 2. The van der Waals surface area contributed by atoms with E-state index >= 15 is 0 Å². The van der Waals surface area contributed by atoms with Crippen molar-refractivity contribution in [2.75, 3.05) is 20.3 Å². The first-order valence-electron chi connectivity index (χ1n) is 8.47. The lowest BCUT2D eigenvalue weighted by Crippen LogP contribution is -2.32. The molecular formula is C19H23NO6. The van der Waals surface area contributed by atoms with Crippen LogP contribution in [0.4, 0.5) is 0 Å². The summed E-state index contributed by atoms with van der Waals surface area (Å²) in [5.74, 6) is -2.39. The smallest absolute Gasteiger partial charge is 0.320 e. The lowest BCUT2D eigenvalue weighted by atomic mass is 9.85. The standard InChI is InChI=1S/C19H23NO6/c1-5-25-18(22)16(19(23)26-6-2)11(3)12-7-9-14(24-4)17-13(12)8-10-15(21)20-17/h7-11,16H,5-6H2,1-4H3,(H,20,21). The van der Waals surface area contributed by atoms with Gasteiger partial charge in [-0.25, -0.2) is 0 Å². The average molecular weight is 361 g/mol. The van der Waals surface area contributed by atoms with E-state index in [1.54, 1.807) is 39.0 Å². The molecule has 2 rings (SSSR count). The van der Waals surface area contributed by atoms with E-state index in [0.717, 1.165) is 0 Å². The van der Waals surface area contributed by atoms with E-state index in [4.69, 9.17) is 14.2 Å². The average Bonchev–Trinajstić information content (AvgIpc) is 2.61. The molecule has 0 saturated heterocycles. The van der Waals surface area contributed by atoms with Crippen LogP contribution in [0, 0.1) is 5.92 Å². The van der Waals surface area contributed by atoms with Gasteiger partial charge in [-0.3, -0.25) is 14.4 Å². The number of hydrogen-bond donors (Lipinski definition) is 1. The van der Waals surface area contributed by atoms with Crippen molar-refractivity contribution >= 4 is 22.8 Å². The van der Waals surface area contributed by atoms with E-state index < -0.39 is 23.8 Å². The van der Waals surface area contributed by atoms with E-state index in [0.29, 0.717) is 22.2 Å². The van der Waals surface area contributed by atoms with Crippen LogP contribution >= 0.6 is 0 Å². The van der Waals surface area contributed by atoms with Crippen LogP contribution in [0.15, 0.2) is 29.1 Å². The number of esters is 2. The van der Waals surface area contributed by atoms with Crippen molar-refractivity contribution in [2.45, 2.75) is 26.7 Å². The molecule has 2 aromatic rings. The van der Waals surface area contributed by atoms with E-state index in [9.17, 15) is 14.4 Å². The SMILES string of the molecule is CCOC(=O)C(C(=O)OCC)C(C)c1ccc(OC)c2[nH]c(=O)ccc12. The molecular weight excluding hydrogens is 338 g/mol. The maximum Gasteiger partial charge on any atom is 0.320 e. The van der Waals surface area contributed by atoms with Crippen molar-refractivity contribution in [2.24, 2.45) is 5.92 Å². The number of ether oxygens (including phenoxy) is 3. The van der Waals surface area contributed by atoms with Crippen molar-refractivity contribution in [3.05, 3.63) is 40.2 Å². The van der Waals surface area contributed by atoms with Crippen LogP contribution in [-0.4, -0.2) is 37.2 Å². The van der Waals surface area contributed by atoms with Crippen LogP contribution in [0.1, 0.15) is 32.3 Å². The fraction of sp³-hybridized carbons (Fsp3) is 0.421. The van der Waals surface area contributed by atoms with Gasteiger partial charge < -0.3 is 19.2 Å². The highest BCUT2D eigenvalue weighted by Gasteiger charge is 2.36. The van der Waals surface area contributed by atoms with Gasteiger partial charge in [-0.05, 0) is 31.5 Å². The number of pyridine rings is 1. The summed E-state index contributed by atoms with van der Waals surface area (Å²) in [7, 11) is 1.50. The minimum Gasteiger partial charge on any atom is -0.495 e. The molecule has 0 saturated carbocycles. The Balaban J connectivity index is 2.58. The zero-order valence-electron chi connectivity index (χ0n) is 15.3. The maximum absolute atomic E-state index is 12.4. The number of nitrogens with one attached hydrogen (secondary N) is 1. The zero-order valence-corrected chi connectivity index (χ0v) is 15.3. The molecule has 0 aliphatic rings. The van der Waals surface area contributed by atoms with Gasteiger partial charge in [0.15, 0.2) is 5.92 Å². The van der Waals surface area contributed by atoms with Crippen LogP contribution in [0.3, 0.4) is 0 Å². The van der Waals surface area contributed by atoms with Gasteiger partial charge in [0.2, 0.25) is 5.56 Å². The summed E-state index contributed by atoms with van der Waals surface area (Å²) in [6, 6.07) is 6.50. The fourth-order valence-corrected chi connectivity index (χ4v) is 2.96. The maximum atomic E-state index is 12.4. The summed E-state index contributed by atoms with van der Waals surface area (Å²) >= 11 is 0. The third-order valence-corrected chi connectivity index (χ3v) is 4.18. The number of carbonyl (C=O) groups excluding carboxylic acids is 2. The van der Waals surface area contributed by atoms with E-state index in [2.05, 4.69) is 4.98 Å². The Morgan fingerprint density at radius 1 is 1.04 bits per heavy atom. The topological polar surface area (TPSA) is 94.7 Å². The summed E-state index contributed by atoms with van der Waals surface area (Å²) in [5.41, 5.74) is 0.951. The molecule has 7 heteroatoms. The molecule has 0 amide bonds. The number of methoxy groups -OCH3 is 1. The third kappa shape index (κ3) is 3.87. The Bertz CT molecular complexity index is 839. The number of aromatic nitrogens is 1. The predicted molar refractivity (Wildman–Crippen MR) is 96.3 cm³/mol. The molecule has 140 valence electrons. The van der Waals surface area contributed by atoms with Crippen molar-refractivity contribution in [3.8, 4) is 5.75 Å². The first-order chi connectivity index (χ1) is 12.4. The minimum atomic E-state index is -1.10. The van der Waals surface area contributed by atoms with E-state index in [1.807, 2.05) is 0 Å². The number of benzene rings is 1. The van der Waals surface area contributed by atoms with Gasteiger partial charge in [0.05, 0.1) is 25.8 Å². The highest BCUT2D eigenvalue weighted by atomic mass is 16.6. The van der Waals surface area contributed by atoms with Crippen molar-refractivity contribution in [1.29, 1.82) is 0 Å². The molecule has 0 fully saturated rings. The lowest BCUT2D eigenvalue weighted by Gasteiger charge is -2.22. The Kier molecular flexibility index (Phi) is 6.38. The van der Waals surface area contributed by atoms with Crippen LogP contribution in [-0.2, 0) is 19.1 Å². The fourth-order valence-electron chi connectivity index (χ4n) is 2.96. The second-order valence-corrected chi connectivity index (χ2v) is 5.74. The number of rotatable bonds is 7. The molecule has 0 spiro atoms. The molecule has 7 nitrogen and oxygen atoms in total. The van der Waals surface area contributed by atoms with E-state index in [-0.39, 0.29) is 18.8 Å². The van der Waals surface area contributed by atoms with Crippen LogP contribution in [0.5, 0.6) is 5.75 Å². The van der Waals surface area contributed by atoms with Gasteiger partial charge >= 0.3 is 11.9 Å². The van der Waals surface area contributed by atoms with Crippen molar-refractivity contribution in [3.63, 3.8) is 0 Å². The lowest BCUT2D eigenvalue weighted by molar-refractivity contribution is -0.162. The van der Waals surface area contributed by atoms with Gasteiger partial charge in [0.25, 0.3) is 0 Å². The van der Waals surface area contributed by atoms with E-state index in [1.165, 1.54) is 13.2 Å². The second kappa shape index (κ2) is 8.51. The molecule has 0 aliphatic heterocycles. The van der Waals surface area contributed by atoms with Crippen LogP contribution in [0.25, 0.3) is 10.9 Å². The highest BCUT2D eigenvalue weighted by molar-refractivity contribution is 5.97. The van der Waals surface area contributed by atoms with Crippen molar-refractivity contribution in [1.82, 2.24) is 4.98 Å². The molecule has 1 N–H and O–H groups in total. The van der Waals surface area contributed by atoms with Crippen LogP contribution in [0.2, 0.25) is 0 Å². The molecule has 0 bridgehead atoms.